The van der Waals surface area contributed by atoms with Gasteiger partial charge in [0.2, 0.25) is 0 Å². The van der Waals surface area contributed by atoms with E-state index in [1.807, 2.05) is 0 Å². The van der Waals surface area contributed by atoms with E-state index >= 15 is 0 Å². The molecular formula is C17H14BrF4IO2. The summed E-state index contributed by atoms with van der Waals surface area (Å²) in [5.74, 6) is -0.338. The van der Waals surface area contributed by atoms with Crippen LogP contribution in [0, 0.1) is 3.57 Å². The van der Waals surface area contributed by atoms with Crippen LogP contribution in [0.25, 0.3) is 0 Å². The maximum absolute atomic E-state index is 14.8. The zero-order valence-corrected chi connectivity index (χ0v) is 16.9. The maximum atomic E-state index is 14.8. The third kappa shape index (κ3) is 3.40. The van der Waals surface area contributed by atoms with Crippen molar-refractivity contribution in [3.8, 4) is 5.75 Å². The first-order chi connectivity index (χ1) is 11.5. The average molecular weight is 533 g/mol. The fraction of sp³-hybridized carbons (Fsp3) is 0.294. The fourth-order valence-electron chi connectivity index (χ4n) is 2.36. The molecule has 2 aromatic carbocycles. The van der Waals surface area contributed by atoms with Crippen molar-refractivity contribution in [1.82, 2.24) is 0 Å². The minimum absolute atomic E-state index is 0.195. The van der Waals surface area contributed by atoms with Crippen molar-refractivity contribution in [2.75, 3.05) is 0 Å². The number of halogens is 6. The quantitative estimate of drug-likeness (QED) is 0.252. The Balaban J connectivity index is 1.94. The molecule has 0 atom stereocenters. The molecule has 0 unspecified atom stereocenters. The first-order valence-electron chi connectivity index (χ1n) is 7.24. The molecule has 0 saturated carbocycles. The third-order valence-electron chi connectivity index (χ3n) is 3.58. The molecule has 1 heterocycles. The van der Waals surface area contributed by atoms with Crippen LogP contribution in [-0.2, 0) is 8.67 Å². The van der Waals surface area contributed by atoms with Gasteiger partial charge in [-0.15, -0.1) is 0 Å². The monoisotopic (exact) mass is 532 g/mol. The second kappa shape index (κ2) is 6.38. The topological polar surface area (TPSA) is 18.5 Å². The van der Waals surface area contributed by atoms with E-state index in [2.05, 4.69) is 20.7 Å². The summed E-state index contributed by atoms with van der Waals surface area (Å²) in [6.45, 7) is 3.21. The van der Waals surface area contributed by atoms with Gasteiger partial charge >= 0.3 is 159 Å². The molecule has 0 spiro atoms. The average Bonchev–Trinajstić information content (AvgIpc) is 2.82. The summed E-state index contributed by atoms with van der Waals surface area (Å²) < 4.78 is 64.5. The molecule has 0 aliphatic carbocycles. The Morgan fingerprint density at radius 2 is 1.60 bits per heavy atom. The number of alkyl halides is 5. The molecule has 2 aromatic rings. The summed E-state index contributed by atoms with van der Waals surface area (Å²) in [5, 5.41) is 0. The Hall–Kier alpha value is -0.870. The molecule has 0 bridgehead atoms. The SMILES string of the molecule is CC1(C)OI(C(F)(F)C(F)(F)Oc2ccc(Br)cc2)c2ccccc21. The standard InChI is InChI=1S/C17H14BrF4IO2/c1-15(2)13-5-3-4-6-14(13)23(25-15)16(19,20)17(21,22)24-12-9-7-11(18)8-10-12/h3-10H,1-2H3. The van der Waals surface area contributed by atoms with Gasteiger partial charge in [0, 0.05) is 0 Å². The van der Waals surface area contributed by atoms with Crippen LogP contribution in [0.2, 0.25) is 0 Å². The zero-order chi connectivity index (χ0) is 18.5. The molecule has 0 radical (unpaired) electrons. The van der Waals surface area contributed by atoms with Crippen molar-refractivity contribution >= 4 is 36.2 Å². The molecule has 136 valence electrons. The number of fused-ring (bicyclic) bond motifs is 1. The van der Waals surface area contributed by atoms with Crippen molar-refractivity contribution in [2.24, 2.45) is 0 Å². The molecule has 0 saturated heterocycles. The summed E-state index contributed by atoms with van der Waals surface area (Å²) in [6.07, 6.45) is -4.68. The van der Waals surface area contributed by atoms with E-state index in [1.54, 1.807) is 32.0 Å². The van der Waals surface area contributed by atoms with Crippen LogP contribution >= 0.6 is 36.2 Å². The van der Waals surface area contributed by atoms with Crippen LogP contribution < -0.4 is 4.74 Å². The molecule has 3 rings (SSSR count). The fourth-order valence-corrected chi connectivity index (χ4v) is 7.78. The van der Waals surface area contributed by atoms with E-state index in [4.69, 9.17) is 3.07 Å². The number of benzene rings is 2. The predicted octanol–water partition coefficient (Wildman–Crippen LogP) is 6.57. The summed E-state index contributed by atoms with van der Waals surface area (Å²) in [5.41, 5.74) is -0.502. The Kier molecular flexibility index (Phi) is 4.83. The van der Waals surface area contributed by atoms with Gasteiger partial charge in [0.15, 0.2) is 0 Å². The van der Waals surface area contributed by atoms with Gasteiger partial charge in [0.25, 0.3) is 0 Å². The molecule has 2 nitrogen and oxygen atoms in total. The van der Waals surface area contributed by atoms with E-state index < -0.39 is 35.9 Å². The molecule has 0 N–H and O–H groups in total. The Labute approximate surface area is 158 Å². The van der Waals surface area contributed by atoms with Gasteiger partial charge in [-0.1, -0.05) is 0 Å². The second-order valence-electron chi connectivity index (χ2n) is 5.89. The normalized spacial score (nSPS) is 18.1. The first-order valence-corrected chi connectivity index (χ1v) is 11.1. The summed E-state index contributed by atoms with van der Waals surface area (Å²) >= 11 is -0.878. The summed E-state index contributed by atoms with van der Waals surface area (Å²) in [6, 6.07) is 11.6. The molecular weight excluding hydrogens is 519 g/mol. The predicted molar refractivity (Wildman–Crippen MR) is 97.9 cm³/mol. The Morgan fingerprint density at radius 3 is 2.24 bits per heavy atom. The van der Waals surface area contributed by atoms with E-state index in [0.29, 0.717) is 10.0 Å². The number of rotatable bonds is 4. The minimum atomic E-state index is -4.68. The van der Waals surface area contributed by atoms with E-state index in [0.717, 1.165) is 0 Å². The van der Waals surface area contributed by atoms with Crippen molar-refractivity contribution in [1.29, 1.82) is 0 Å². The van der Waals surface area contributed by atoms with Crippen LogP contribution in [0.3, 0.4) is 0 Å². The van der Waals surface area contributed by atoms with Gasteiger partial charge in [0.05, 0.1) is 0 Å². The van der Waals surface area contributed by atoms with Crippen molar-refractivity contribution < 1.29 is 25.4 Å². The Bertz CT molecular complexity index is 780. The van der Waals surface area contributed by atoms with Crippen LogP contribution in [0.5, 0.6) is 5.75 Å². The molecule has 0 amide bonds. The molecule has 1 aliphatic heterocycles. The Morgan fingerprint density at radius 1 is 1.00 bits per heavy atom. The van der Waals surface area contributed by atoms with Crippen molar-refractivity contribution in [3.63, 3.8) is 0 Å². The molecule has 25 heavy (non-hydrogen) atoms. The van der Waals surface area contributed by atoms with Crippen LogP contribution in [0.4, 0.5) is 17.6 Å². The van der Waals surface area contributed by atoms with Gasteiger partial charge < -0.3 is 0 Å². The van der Waals surface area contributed by atoms with Crippen molar-refractivity contribution in [3.05, 3.63) is 62.1 Å². The zero-order valence-electron chi connectivity index (χ0n) is 13.2. The number of hydrogen-bond acceptors (Lipinski definition) is 2. The first kappa shape index (κ1) is 18.9. The van der Waals surface area contributed by atoms with Gasteiger partial charge in [-0.05, 0) is 0 Å². The third-order valence-corrected chi connectivity index (χ3v) is 9.51. The number of ether oxygens (including phenoxy) is 1. The van der Waals surface area contributed by atoms with Gasteiger partial charge in [0.1, 0.15) is 0 Å². The summed E-state index contributed by atoms with van der Waals surface area (Å²) in [4.78, 5) is 0. The second-order valence-corrected chi connectivity index (χ2v) is 11.2. The van der Waals surface area contributed by atoms with Gasteiger partial charge in [-0.3, -0.25) is 0 Å². The molecule has 1 aliphatic rings. The molecule has 0 aromatic heterocycles. The van der Waals surface area contributed by atoms with E-state index in [9.17, 15) is 17.6 Å². The molecule has 8 heteroatoms. The van der Waals surface area contributed by atoms with Gasteiger partial charge in [-0.2, -0.15) is 0 Å². The van der Waals surface area contributed by atoms with Gasteiger partial charge in [-0.25, -0.2) is 0 Å². The van der Waals surface area contributed by atoms with E-state index in [1.165, 1.54) is 30.3 Å². The number of hydrogen-bond donors (Lipinski definition) is 0. The van der Waals surface area contributed by atoms with Crippen LogP contribution in [-0.4, -0.2) is 10.0 Å². The van der Waals surface area contributed by atoms with Crippen LogP contribution in [0.1, 0.15) is 19.4 Å². The van der Waals surface area contributed by atoms with E-state index in [-0.39, 0.29) is 9.32 Å². The van der Waals surface area contributed by atoms with Crippen molar-refractivity contribution in [2.45, 2.75) is 29.5 Å². The van der Waals surface area contributed by atoms with Crippen LogP contribution in [0.15, 0.2) is 53.0 Å². The summed E-state index contributed by atoms with van der Waals surface area (Å²) in [7, 11) is 0. The molecule has 0 fully saturated rings.